The number of hydrogen-bond acceptors (Lipinski definition) is 5. The highest BCUT2D eigenvalue weighted by Gasteiger charge is 2.21. The largest absolute Gasteiger partial charge is 0.489 e. The van der Waals surface area contributed by atoms with Crippen molar-refractivity contribution in [3.05, 3.63) is 81.4 Å². The van der Waals surface area contributed by atoms with Crippen LogP contribution in [-0.4, -0.2) is 21.8 Å². The van der Waals surface area contributed by atoms with Crippen molar-refractivity contribution in [2.24, 2.45) is 0 Å². The quantitative estimate of drug-likeness (QED) is 0.336. The fraction of sp³-hybridized carbons (Fsp3) is 0.158. The fourth-order valence-electron chi connectivity index (χ4n) is 2.42. The van der Waals surface area contributed by atoms with E-state index in [9.17, 15) is 19.7 Å². The second-order valence-electron chi connectivity index (χ2n) is 5.50. The van der Waals surface area contributed by atoms with Gasteiger partial charge in [0.05, 0.1) is 11.0 Å². The maximum Gasteiger partial charge on any atom is 0.327 e. The fourth-order valence-corrected chi connectivity index (χ4v) is 2.42. The molecule has 0 aliphatic carbocycles. The molecule has 0 atom stereocenters. The summed E-state index contributed by atoms with van der Waals surface area (Å²) in [6, 6.07) is 12.0. The average molecular weight is 355 g/mol. The monoisotopic (exact) mass is 355 g/mol. The third-order valence-corrected chi connectivity index (χ3v) is 3.61. The van der Waals surface area contributed by atoms with Crippen LogP contribution in [0, 0.1) is 10.1 Å². The SMILES string of the molecule is CC(=O)c1cc(OCc2ccccc2)cc([N+](=O)[O-])c1CC=CC(=O)O. The van der Waals surface area contributed by atoms with E-state index in [4.69, 9.17) is 9.84 Å². The van der Waals surface area contributed by atoms with Gasteiger partial charge in [0.15, 0.2) is 5.78 Å². The van der Waals surface area contributed by atoms with Gasteiger partial charge >= 0.3 is 5.97 Å². The summed E-state index contributed by atoms with van der Waals surface area (Å²) in [5.74, 6) is -1.33. The highest BCUT2D eigenvalue weighted by atomic mass is 16.6. The van der Waals surface area contributed by atoms with E-state index < -0.39 is 10.9 Å². The molecule has 2 rings (SSSR count). The maximum absolute atomic E-state index is 11.9. The van der Waals surface area contributed by atoms with Crippen LogP contribution in [0.5, 0.6) is 5.75 Å². The number of nitrogens with zero attached hydrogens (tertiary/aromatic N) is 1. The molecule has 0 unspecified atom stereocenters. The normalized spacial score (nSPS) is 10.7. The minimum Gasteiger partial charge on any atom is -0.489 e. The van der Waals surface area contributed by atoms with Gasteiger partial charge in [0.25, 0.3) is 5.69 Å². The minimum absolute atomic E-state index is 0.0451. The Morgan fingerprint density at radius 3 is 2.50 bits per heavy atom. The zero-order chi connectivity index (χ0) is 19.1. The standard InChI is InChI=1S/C19H17NO6/c1-13(21)17-10-15(26-12-14-6-3-2-4-7-14)11-18(20(24)25)16(17)8-5-9-19(22)23/h2-7,9-11H,8,12H2,1H3,(H,22,23). The van der Waals surface area contributed by atoms with Gasteiger partial charge in [-0.2, -0.15) is 0 Å². The van der Waals surface area contributed by atoms with Gasteiger partial charge in [-0.3, -0.25) is 14.9 Å². The van der Waals surface area contributed by atoms with Crippen LogP contribution in [0.1, 0.15) is 28.4 Å². The third kappa shape index (κ3) is 5.01. The van der Waals surface area contributed by atoms with Crippen LogP contribution in [-0.2, 0) is 17.8 Å². The Labute approximate surface area is 149 Å². The number of carbonyl (C=O) groups excluding carboxylic acids is 1. The van der Waals surface area contributed by atoms with Crippen LogP contribution in [0.25, 0.3) is 0 Å². The molecular formula is C19H17NO6. The molecule has 2 aromatic carbocycles. The molecule has 2 aromatic rings. The first-order valence-corrected chi connectivity index (χ1v) is 7.77. The summed E-state index contributed by atoms with van der Waals surface area (Å²) < 4.78 is 5.60. The Morgan fingerprint density at radius 1 is 1.23 bits per heavy atom. The van der Waals surface area contributed by atoms with Crippen molar-refractivity contribution < 1.29 is 24.4 Å². The lowest BCUT2D eigenvalue weighted by Crippen LogP contribution is -2.06. The van der Waals surface area contributed by atoms with Crippen LogP contribution in [0.15, 0.2) is 54.6 Å². The number of carboxylic acid groups (broad SMARTS) is 1. The molecule has 0 saturated heterocycles. The number of carbonyl (C=O) groups is 2. The van der Waals surface area contributed by atoms with E-state index in [2.05, 4.69) is 0 Å². The summed E-state index contributed by atoms with van der Waals surface area (Å²) in [6.07, 6.45) is 2.10. The topological polar surface area (TPSA) is 107 Å². The summed E-state index contributed by atoms with van der Waals surface area (Å²) in [5, 5.41) is 20.1. The number of nitro groups is 1. The highest BCUT2D eigenvalue weighted by molar-refractivity contribution is 5.97. The molecule has 0 aromatic heterocycles. The van der Waals surface area contributed by atoms with E-state index >= 15 is 0 Å². The summed E-state index contributed by atoms with van der Waals surface area (Å²) in [5.41, 5.74) is 0.896. The molecule has 0 amide bonds. The molecule has 1 N–H and O–H groups in total. The molecule has 7 nitrogen and oxygen atoms in total. The molecule has 0 fully saturated rings. The first-order valence-electron chi connectivity index (χ1n) is 7.77. The zero-order valence-corrected chi connectivity index (χ0v) is 14.0. The van der Waals surface area contributed by atoms with E-state index in [1.807, 2.05) is 30.3 Å². The molecular weight excluding hydrogens is 338 g/mol. The van der Waals surface area contributed by atoms with Gasteiger partial charge in [0.2, 0.25) is 0 Å². The third-order valence-electron chi connectivity index (χ3n) is 3.61. The smallest absolute Gasteiger partial charge is 0.327 e. The first kappa shape index (κ1) is 18.9. The maximum atomic E-state index is 11.9. The van der Waals surface area contributed by atoms with Crippen LogP contribution in [0.2, 0.25) is 0 Å². The number of hydrogen-bond donors (Lipinski definition) is 1. The molecule has 0 aliphatic rings. The zero-order valence-electron chi connectivity index (χ0n) is 14.0. The predicted molar refractivity (Wildman–Crippen MR) is 94.4 cm³/mol. The Morgan fingerprint density at radius 2 is 1.92 bits per heavy atom. The number of Topliss-reactive ketones (excluding diaryl/α,β-unsaturated/α-hetero) is 1. The number of aliphatic carboxylic acids is 1. The molecule has 134 valence electrons. The molecule has 0 bridgehead atoms. The van der Waals surface area contributed by atoms with E-state index in [0.29, 0.717) is 0 Å². The predicted octanol–water partition coefficient (Wildman–Crippen LogP) is 3.56. The summed E-state index contributed by atoms with van der Waals surface area (Å²) in [7, 11) is 0. The Hall–Kier alpha value is -3.48. The Kier molecular flexibility index (Phi) is 6.21. The molecule has 0 spiro atoms. The van der Waals surface area contributed by atoms with Crippen molar-refractivity contribution >= 4 is 17.4 Å². The van der Waals surface area contributed by atoms with E-state index in [-0.39, 0.29) is 41.4 Å². The van der Waals surface area contributed by atoms with Gasteiger partial charge in [0, 0.05) is 17.2 Å². The van der Waals surface area contributed by atoms with E-state index in [1.165, 1.54) is 25.1 Å². The van der Waals surface area contributed by atoms with Crippen molar-refractivity contribution in [3.8, 4) is 5.75 Å². The number of rotatable bonds is 8. The van der Waals surface area contributed by atoms with Gasteiger partial charge in [-0.25, -0.2) is 4.79 Å². The number of nitro benzene ring substituents is 1. The number of benzene rings is 2. The first-order chi connectivity index (χ1) is 12.4. The lowest BCUT2D eigenvalue weighted by Gasteiger charge is -2.11. The van der Waals surface area contributed by atoms with Gasteiger partial charge in [-0.1, -0.05) is 36.4 Å². The van der Waals surface area contributed by atoms with Crippen molar-refractivity contribution in [2.45, 2.75) is 20.0 Å². The van der Waals surface area contributed by atoms with E-state index in [1.54, 1.807) is 0 Å². The molecule has 0 radical (unpaired) electrons. The van der Waals surface area contributed by atoms with Gasteiger partial charge in [-0.05, 0) is 25.0 Å². The van der Waals surface area contributed by atoms with Crippen molar-refractivity contribution in [3.63, 3.8) is 0 Å². The van der Waals surface area contributed by atoms with Crippen LogP contribution >= 0.6 is 0 Å². The van der Waals surface area contributed by atoms with Crippen LogP contribution in [0.3, 0.4) is 0 Å². The van der Waals surface area contributed by atoms with Gasteiger partial charge in [-0.15, -0.1) is 0 Å². The van der Waals surface area contributed by atoms with Gasteiger partial charge < -0.3 is 9.84 Å². The van der Waals surface area contributed by atoms with Crippen molar-refractivity contribution in [1.29, 1.82) is 0 Å². The molecule has 0 heterocycles. The number of ether oxygens (including phenoxy) is 1. The summed E-state index contributed by atoms with van der Waals surface area (Å²) >= 11 is 0. The highest BCUT2D eigenvalue weighted by Crippen LogP contribution is 2.30. The van der Waals surface area contributed by atoms with Crippen LogP contribution < -0.4 is 4.74 Å². The number of carboxylic acids is 1. The minimum atomic E-state index is -1.17. The molecule has 0 saturated carbocycles. The summed E-state index contributed by atoms with van der Waals surface area (Å²) in [6.45, 7) is 1.50. The lowest BCUT2D eigenvalue weighted by atomic mass is 9.98. The van der Waals surface area contributed by atoms with Crippen LogP contribution in [0.4, 0.5) is 5.69 Å². The summed E-state index contributed by atoms with van der Waals surface area (Å²) in [4.78, 5) is 33.4. The second kappa shape index (κ2) is 8.57. The number of ketones is 1. The molecule has 7 heteroatoms. The average Bonchev–Trinajstić information content (AvgIpc) is 2.60. The van der Waals surface area contributed by atoms with E-state index in [0.717, 1.165) is 11.6 Å². The lowest BCUT2D eigenvalue weighted by molar-refractivity contribution is -0.385. The van der Waals surface area contributed by atoms with Crippen molar-refractivity contribution in [2.75, 3.05) is 0 Å². The van der Waals surface area contributed by atoms with Gasteiger partial charge in [0.1, 0.15) is 12.4 Å². The Balaban J connectivity index is 2.37. The second-order valence-corrected chi connectivity index (χ2v) is 5.50. The Bertz CT molecular complexity index is 823. The molecule has 0 aliphatic heterocycles. The number of allylic oxidation sites excluding steroid dienone is 1. The molecule has 26 heavy (non-hydrogen) atoms. The van der Waals surface area contributed by atoms with Crippen molar-refractivity contribution in [1.82, 2.24) is 0 Å².